The van der Waals surface area contributed by atoms with E-state index in [1.54, 1.807) is 35.0 Å². The monoisotopic (exact) mass is 427 g/mol. The summed E-state index contributed by atoms with van der Waals surface area (Å²) in [7, 11) is 0. The molecule has 158 valence electrons. The minimum absolute atomic E-state index is 0.0825. The fourth-order valence-electron chi connectivity index (χ4n) is 3.79. The van der Waals surface area contributed by atoms with E-state index in [1.165, 1.54) is 16.8 Å². The van der Waals surface area contributed by atoms with E-state index in [9.17, 15) is 9.90 Å². The highest BCUT2D eigenvalue weighted by Gasteiger charge is 2.16. The molecule has 0 unspecified atom stereocenters. The van der Waals surface area contributed by atoms with Crippen molar-refractivity contribution in [1.82, 2.24) is 24.1 Å². The van der Waals surface area contributed by atoms with Gasteiger partial charge < -0.3 is 14.6 Å². The molecular formula is C23H17N5O4. The van der Waals surface area contributed by atoms with Crippen molar-refractivity contribution in [3.05, 3.63) is 71.3 Å². The zero-order valence-electron chi connectivity index (χ0n) is 16.8. The summed E-state index contributed by atoms with van der Waals surface area (Å²) in [6, 6.07) is 13.9. The Morgan fingerprint density at radius 2 is 1.88 bits per heavy atom. The maximum atomic E-state index is 13.1. The first-order valence-electron chi connectivity index (χ1n) is 10.1. The minimum atomic E-state index is -0.268. The third kappa shape index (κ3) is 2.94. The molecule has 1 N–H and O–H groups in total. The molecule has 32 heavy (non-hydrogen) atoms. The van der Waals surface area contributed by atoms with Crippen molar-refractivity contribution in [2.24, 2.45) is 0 Å². The van der Waals surface area contributed by atoms with Crippen LogP contribution in [0.2, 0.25) is 0 Å². The lowest BCUT2D eigenvalue weighted by atomic mass is 10.2. The minimum Gasteiger partial charge on any atom is -0.508 e. The van der Waals surface area contributed by atoms with Gasteiger partial charge in [0.15, 0.2) is 17.3 Å². The lowest BCUT2D eigenvalue weighted by molar-refractivity contribution is 0.297. The van der Waals surface area contributed by atoms with E-state index in [4.69, 9.17) is 9.47 Å². The van der Waals surface area contributed by atoms with E-state index < -0.39 is 0 Å². The Hall–Kier alpha value is -4.40. The summed E-state index contributed by atoms with van der Waals surface area (Å²) >= 11 is 0. The molecule has 2 aromatic carbocycles. The zero-order valence-corrected chi connectivity index (χ0v) is 16.8. The van der Waals surface area contributed by atoms with E-state index in [-0.39, 0.29) is 11.3 Å². The van der Waals surface area contributed by atoms with Gasteiger partial charge in [0.2, 0.25) is 0 Å². The SMILES string of the molecule is O=c1c2cnc3nc(-c4ccc5c(c4)OCCCO5)nn3c2ccn1-c1cccc(O)c1. The molecule has 1 aliphatic rings. The number of benzene rings is 2. The molecule has 9 nitrogen and oxygen atoms in total. The summed E-state index contributed by atoms with van der Waals surface area (Å²) in [4.78, 5) is 22.0. The number of fused-ring (bicyclic) bond motifs is 4. The Morgan fingerprint density at radius 3 is 2.75 bits per heavy atom. The Morgan fingerprint density at radius 1 is 1.00 bits per heavy atom. The molecule has 0 saturated heterocycles. The number of phenols is 1. The number of aromatic hydroxyl groups is 1. The molecule has 0 atom stereocenters. The van der Waals surface area contributed by atoms with Crippen LogP contribution in [-0.2, 0) is 0 Å². The van der Waals surface area contributed by atoms with E-state index in [1.807, 2.05) is 18.2 Å². The Balaban J connectivity index is 1.48. The van der Waals surface area contributed by atoms with Gasteiger partial charge in [-0.15, -0.1) is 5.10 Å². The summed E-state index contributed by atoms with van der Waals surface area (Å²) in [5, 5.41) is 14.7. The molecule has 0 radical (unpaired) electrons. The maximum Gasteiger partial charge on any atom is 0.266 e. The second kappa shape index (κ2) is 7.09. The molecule has 0 bridgehead atoms. The first-order valence-corrected chi connectivity index (χ1v) is 10.1. The first kappa shape index (κ1) is 18.4. The summed E-state index contributed by atoms with van der Waals surface area (Å²) in [6.07, 6.45) is 3.97. The third-order valence-electron chi connectivity index (χ3n) is 5.35. The van der Waals surface area contributed by atoms with Gasteiger partial charge in [0.25, 0.3) is 11.3 Å². The smallest absolute Gasteiger partial charge is 0.266 e. The van der Waals surface area contributed by atoms with Crippen LogP contribution in [-0.4, -0.2) is 42.5 Å². The van der Waals surface area contributed by atoms with Crippen molar-refractivity contribution < 1.29 is 14.6 Å². The van der Waals surface area contributed by atoms with Gasteiger partial charge >= 0.3 is 0 Å². The van der Waals surface area contributed by atoms with Crippen LogP contribution in [0.15, 0.2) is 65.7 Å². The summed E-state index contributed by atoms with van der Waals surface area (Å²) < 4.78 is 14.5. The predicted octanol–water partition coefficient (Wildman–Crippen LogP) is 2.96. The highest BCUT2D eigenvalue weighted by atomic mass is 16.5. The van der Waals surface area contributed by atoms with Crippen LogP contribution in [0.3, 0.4) is 0 Å². The normalized spacial score (nSPS) is 13.4. The van der Waals surface area contributed by atoms with Gasteiger partial charge in [0.1, 0.15) is 5.75 Å². The number of aromatic nitrogens is 5. The largest absolute Gasteiger partial charge is 0.508 e. The fraction of sp³-hybridized carbons (Fsp3) is 0.130. The predicted molar refractivity (Wildman–Crippen MR) is 117 cm³/mol. The number of hydrogen-bond acceptors (Lipinski definition) is 7. The van der Waals surface area contributed by atoms with Crippen molar-refractivity contribution >= 4 is 16.7 Å². The Kier molecular flexibility index (Phi) is 4.07. The number of nitrogens with zero attached hydrogens (tertiary/aromatic N) is 5. The van der Waals surface area contributed by atoms with E-state index in [2.05, 4.69) is 15.1 Å². The van der Waals surface area contributed by atoms with Crippen molar-refractivity contribution in [2.75, 3.05) is 13.2 Å². The van der Waals surface area contributed by atoms with Crippen LogP contribution in [0, 0.1) is 0 Å². The molecule has 4 heterocycles. The average Bonchev–Trinajstić information content (AvgIpc) is 3.11. The average molecular weight is 427 g/mol. The van der Waals surface area contributed by atoms with Crippen LogP contribution >= 0.6 is 0 Å². The molecule has 5 aromatic rings. The lowest BCUT2D eigenvalue weighted by Gasteiger charge is -2.08. The number of ether oxygens (including phenoxy) is 2. The Labute approximate surface area is 181 Å². The molecule has 0 amide bonds. The lowest BCUT2D eigenvalue weighted by Crippen LogP contribution is -2.18. The summed E-state index contributed by atoms with van der Waals surface area (Å²) in [5.41, 5.74) is 1.64. The van der Waals surface area contributed by atoms with Crippen molar-refractivity contribution in [1.29, 1.82) is 0 Å². The van der Waals surface area contributed by atoms with Gasteiger partial charge in [-0.2, -0.15) is 9.50 Å². The van der Waals surface area contributed by atoms with E-state index >= 15 is 0 Å². The number of pyridine rings is 1. The van der Waals surface area contributed by atoms with Crippen LogP contribution in [0.5, 0.6) is 17.2 Å². The molecule has 9 heteroatoms. The van der Waals surface area contributed by atoms with Crippen molar-refractivity contribution in [3.8, 4) is 34.3 Å². The quantitative estimate of drug-likeness (QED) is 0.462. The second-order valence-corrected chi connectivity index (χ2v) is 7.43. The van der Waals surface area contributed by atoms with Crippen LogP contribution < -0.4 is 15.0 Å². The van der Waals surface area contributed by atoms with Gasteiger partial charge in [-0.05, 0) is 36.4 Å². The van der Waals surface area contributed by atoms with Crippen LogP contribution in [0.1, 0.15) is 6.42 Å². The summed E-state index contributed by atoms with van der Waals surface area (Å²) in [6.45, 7) is 1.21. The molecular weight excluding hydrogens is 410 g/mol. The van der Waals surface area contributed by atoms with Crippen molar-refractivity contribution in [3.63, 3.8) is 0 Å². The number of phenolic OH excluding ortho intramolecular Hbond substituents is 1. The topological polar surface area (TPSA) is 104 Å². The summed E-state index contributed by atoms with van der Waals surface area (Å²) in [5.74, 6) is 2.29. The van der Waals surface area contributed by atoms with Crippen molar-refractivity contribution in [2.45, 2.75) is 6.42 Å². The Bertz CT molecular complexity index is 1560. The zero-order chi connectivity index (χ0) is 21.7. The molecule has 0 fully saturated rings. The highest BCUT2D eigenvalue weighted by molar-refractivity contribution is 5.79. The van der Waals surface area contributed by atoms with E-state index in [0.717, 1.165) is 12.0 Å². The molecule has 6 rings (SSSR count). The van der Waals surface area contributed by atoms with E-state index in [0.29, 0.717) is 52.9 Å². The van der Waals surface area contributed by atoms with Gasteiger partial charge in [-0.25, -0.2) is 4.98 Å². The highest BCUT2D eigenvalue weighted by Crippen LogP contribution is 2.33. The molecule has 3 aromatic heterocycles. The van der Waals surface area contributed by atoms with Crippen LogP contribution in [0.25, 0.3) is 33.8 Å². The number of rotatable bonds is 2. The standard InChI is InChI=1S/C23H17N5O4/c29-16-4-1-3-15(12-16)27-8-7-18-17(22(27)30)13-24-23-25-21(26-28(18)23)14-5-6-19-20(11-14)32-10-2-9-31-19/h1,3-8,11-13,29H,2,9-10H2. The molecule has 0 spiro atoms. The molecule has 0 saturated carbocycles. The third-order valence-corrected chi connectivity index (χ3v) is 5.35. The van der Waals surface area contributed by atoms with Gasteiger partial charge in [-0.3, -0.25) is 9.36 Å². The fourth-order valence-corrected chi connectivity index (χ4v) is 3.79. The number of hydrogen-bond donors (Lipinski definition) is 1. The molecule has 1 aliphatic heterocycles. The van der Waals surface area contributed by atoms with Gasteiger partial charge in [0.05, 0.1) is 29.8 Å². The maximum absolute atomic E-state index is 13.1. The van der Waals surface area contributed by atoms with Gasteiger partial charge in [0, 0.05) is 30.4 Å². The van der Waals surface area contributed by atoms with Crippen LogP contribution in [0.4, 0.5) is 0 Å². The van der Waals surface area contributed by atoms with Gasteiger partial charge in [-0.1, -0.05) is 6.07 Å². The molecule has 0 aliphatic carbocycles. The first-order chi connectivity index (χ1) is 15.7. The second-order valence-electron chi connectivity index (χ2n) is 7.43.